The van der Waals surface area contributed by atoms with Gasteiger partial charge < -0.3 is 10.1 Å². The predicted molar refractivity (Wildman–Crippen MR) is 112 cm³/mol. The van der Waals surface area contributed by atoms with Crippen LogP contribution in [0.1, 0.15) is 21.5 Å². The van der Waals surface area contributed by atoms with E-state index in [0.717, 1.165) is 27.8 Å². The summed E-state index contributed by atoms with van der Waals surface area (Å²) in [7, 11) is 0. The van der Waals surface area contributed by atoms with E-state index in [9.17, 15) is 4.79 Å². The van der Waals surface area contributed by atoms with Crippen molar-refractivity contribution >= 4 is 22.5 Å². The molecule has 1 aromatic heterocycles. The lowest BCUT2D eigenvalue weighted by Gasteiger charge is -2.09. The Hall–Kier alpha value is -3.66. The maximum atomic E-state index is 12.6. The number of carbonyl (C=O) groups excluding carboxylic acids is 1. The zero-order chi connectivity index (χ0) is 19.3. The molecule has 0 atom stereocenters. The third-order valence-corrected chi connectivity index (χ3v) is 4.49. The van der Waals surface area contributed by atoms with Crippen LogP contribution in [0.25, 0.3) is 10.9 Å². The number of nitrogens with one attached hydrogen (secondary N) is 1. The Bertz CT molecular complexity index is 1120. The summed E-state index contributed by atoms with van der Waals surface area (Å²) in [5, 5.41) is 3.94. The van der Waals surface area contributed by atoms with Crippen LogP contribution in [0.15, 0.2) is 85.1 Å². The van der Waals surface area contributed by atoms with Crippen LogP contribution in [0.5, 0.6) is 5.75 Å². The Morgan fingerprint density at radius 2 is 1.75 bits per heavy atom. The Morgan fingerprint density at radius 1 is 0.964 bits per heavy atom. The van der Waals surface area contributed by atoms with Crippen LogP contribution in [-0.2, 0) is 6.61 Å². The first-order chi connectivity index (χ1) is 13.7. The van der Waals surface area contributed by atoms with Crippen molar-refractivity contribution in [3.63, 3.8) is 0 Å². The lowest BCUT2D eigenvalue weighted by molar-refractivity contribution is 0.102. The van der Waals surface area contributed by atoms with Gasteiger partial charge in [-0.05, 0) is 54.4 Å². The number of carbonyl (C=O) groups is 1. The maximum Gasteiger partial charge on any atom is 0.255 e. The zero-order valence-electron chi connectivity index (χ0n) is 15.6. The van der Waals surface area contributed by atoms with Crippen molar-refractivity contribution < 1.29 is 9.53 Å². The summed E-state index contributed by atoms with van der Waals surface area (Å²) in [6, 6.07) is 25.0. The zero-order valence-corrected chi connectivity index (χ0v) is 15.6. The molecule has 4 aromatic rings. The molecule has 4 nitrogen and oxygen atoms in total. The normalized spacial score (nSPS) is 10.6. The van der Waals surface area contributed by atoms with Crippen molar-refractivity contribution in [3.8, 4) is 5.75 Å². The van der Waals surface area contributed by atoms with Crippen molar-refractivity contribution in [1.82, 2.24) is 4.98 Å². The van der Waals surface area contributed by atoms with Gasteiger partial charge in [-0.15, -0.1) is 0 Å². The number of rotatable bonds is 5. The van der Waals surface area contributed by atoms with Gasteiger partial charge in [-0.1, -0.05) is 42.5 Å². The number of hydrogen-bond donors (Lipinski definition) is 1. The summed E-state index contributed by atoms with van der Waals surface area (Å²) in [5.74, 6) is 0.676. The van der Waals surface area contributed by atoms with E-state index in [2.05, 4.69) is 10.3 Å². The smallest absolute Gasteiger partial charge is 0.255 e. The molecule has 0 fully saturated rings. The summed E-state index contributed by atoms with van der Waals surface area (Å²) >= 11 is 0. The number of ether oxygens (including phenoxy) is 1. The second kappa shape index (κ2) is 7.92. The first kappa shape index (κ1) is 17.7. The fourth-order valence-electron chi connectivity index (χ4n) is 3.02. The van der Waals surface area contributed by atoms with Gasteiger partial charge in [-0.25, -0.2) is 0 Å². The fourth-order valence-corrected chi connectivity index (χ4v) is 3.02. The van der Waals surface area contributed by atoms with Gasteiger partial charge in [-0.3, -0.25) is 9.78 Å². The molecule has 4 rings (SSSR count). The summed E-state index contributed by atoms with van der Waals surface area (Å²) in [4.78, 5) is 17.0. The molecular formula is C24H20N2O2. The number of aryl methyl sites for hydroxylation is 1. The predicted octanol–water partition coefficient (Wildman–Crippen LogP) is 5.37. The highest BCUT2D eigenvalue weighted by atomic mass is 16.5. The Labute approximate surface area is 163 Å². The van der Waals surface area contributed by atoms with Gasteiger partial charge in [0, 0.05) is 17.1 Å². The van der Waals surface area contributed by atoms with Gasteiger partial charge in [0.2, 0.25) is 0 Å². The SMILES string of the molecule is Cc1cccc(OCc2ccc(C(=O)Nc3cccc4cccnc34)cc2)c1. The number of hydrogen-bond acceptors (Lipinski definition) is 3. The van der Waals surface area contributed by atoms with Gasteiger partial charge in [0.15, 0.2) is 0 Å². The molecule has 0 aliphatic rings. The lowest BCUT2D eigenvalue weighted by Crippen LogP contribution is -2.12. The van der Waals surface area contributed by atoms with Gasteiger partial charge in [0.1, 0.15) is 12.4 Å². The van der Waals surface area contributed by atoms with E-state index in [1.165, 1.54) is 0 Å². The molecule has 0 radical (unpaired) electrons. The molecule has 28 heavy (non-hydrogen) atoms. The van der Waals surface area contributed by atoms with E-state index >= 15 is 0 Å². The second-order valence-corrected chi connectivity index (χ2v) is 6.64. The standard InChI is InChI=1S/C24H20N2O2/c1-17-5-2-8-21(15-17)28-16-18-10-12-20(13-11-18)24(27)26-22-9-3-6-19-7-4-14-25-23(19)22/h2-15H,16H2,1H3,(H,26,27). The number of nitrogens with zero attached hydrogens (tertiary/aromatic N) is 1. The minimum Gasteiger partial charge on any atom is -0.489 e. The molecule has 0 saturated heterocycles. The number of aromatic nitrogens is 1. The summed E-state index contributed by atoms with van der Waals surface area (Å²) < 4.78 is 5.81. The van der Waals surface area contributed by atoms with Crippen LogP contribution < -0.4 is 10.1 Å². The highest BCUT2D eigenvalue weighted by Gasteiger charge is 2.09. The monoisotopic (exact) mass is 368 g/mol. The highest BCUT2D eigenvalue weighted by molar-refractivity contribution is 6.08. The van der Waals surface area contributed by atoms with Crippen LogP contribution in [0.2, 0.25) is 0 Å². The quantitative estimate of drug-likeness (QED) is 0.515. The van der Waals surface area contributed by atoms with Gasteiger partial charge >= 0.3 is 0 Å². The minimum atomic E-state index is -0.163. The van der Waals surface area contributed by atoms with Crippen LogP contribution in [-0.4, -0.2) is 10.9 Å². The second-order valence-electron chi connectivity index (χ2n) is 6.64. The molecule has 0 unspecified atom stereocenters. The number of anilines is 1. The summed E-state index contributed by atoms with van der Waals surface area (Å²) in [6.45, 7) is 2.49. The van der Waals surface area contributed by atoms with Gasteiger partial charge in [0.05, 0.1) is 11.2 Å². The first-order valence-corrected chi connectivity index (χ1v) is 9.12. The van der Waals surface area contributed by atoms with E-state index in [0.29, 0.717) is 17.9 Å². The molecule has 1 N–H and O–H groups in total. The van der Waals surface area contributed by atoms with Gasteiger partial charge in [-0.2, -0.15) is 0 Å². The minimum absolute atomic E-state index is 0.163. The van der Waals surface area contributed by atoms with E-state index in [4.69, 9.17) is 4.74 Å². The number of amides is 1. The lowest BCUT2D eigenvalue weighted by atomic mass is 10.1. The van der Waals surface area contributed by atoms with Crippen LogP contribution in [0, 0.1) is 6.92 Å². The molecule has 1 heterocycles. The summed E-state index contributed by atoms with van der Waals surface area (Å²) in [6.07, 6.45) is 1.72. The average molecular weight is 368 g/mol. The molecule has 0 aliphatic carbocycles. The van der Waals surface area contributed by atoms with E-state index < -0.39 is 0 Å². The third kappa shape index (κ3) is 4.01. The highest BCUT2D eigenvalue weighted by Crippen LogP contribution is 2.21. The molecule has 0 saturated carbocycles. The molecular weight excluding hydrogens is 348 g/mol. The third-order valence-electron chi connectivity index (χ3n) is 4.49. The van der Waals surface area contributed by atoms with Crippen molar-refractivity contribution in [2.24, 2.45) is 0 Å². The molecule has 0 aliphatic heterocycles. The molecule has 4 heteroatoms. The largest absolute Gasteiger partial charge is 0.489 e. The molecule has 0 bridgehead atoms. The van der Waals surface area contributed by atoms with E-state index in [1.54, 1.807) is 6.20 Å². The number of fused-ring (bicyclic) bond motifs is 1. The molecule has 138 valence electrons. The van der Waals surface area contributed by atoms with E-state index in [-0.39, 0.29) is 5.91 Å². The average Bonchev–Trinajstić information content (AvgIpc) is 2.73. The topological polar surface area (TPSA) is 51.2 Å². The number of benzene rings is 3. The molecule has 1 amide bonds. The molecule has 0 spiro atoms. The Morgan fingerprint density at radius 3 is 2.57 bits per heavy atom. The fraction of sp³-hybridized carbons (Fsp3) is 0.0833. The Kier molecular flexibility index (Phi) is 5.02. The van der Waals surface area contributed by atoms with Crippen LogP contribution >= 0.6 is 0 Å². The number of para-hydroxylation sites is 1. The molecule has 3 aromatic carbocycles. The van der Waals surface area contributed by atoms with Crippen LogP contribution in [0.4, 0.5) is 5.69 Å². The van der Waals surface area contributed by atoms with Crippen molar-refractivity contribution in [2.45, 2.75) is 13.5 Å². The van der Waals surface area contributed by atoms with Crippen molar-refractivity contribution in [3.05, 3.63) is 102 Å². The van der Waals surface area contributed by atoms with Crippen molar-refractivity contribution in [1.29, 1.82) is 0 Å². The maximum absolute atomic E-state index is 12.6. The van der Waals surface area contributed by atoms with Crippen molar-refractivity contribution in [2.75, 3.05) is 5.32 Å². The van der Waals surface area contributed by atoms with Gasteiger partial charge in [0.25, 0.3) is 5.91 Å². The summed E-state index contributed by atoms with van der Waals surface area (Å²) in [5.41, 5.74) is 4.24. The number of pyridine rings is 1. The first-order valence-electron chi connectivity index (χ1n) is 9.12. The Balaban J connectivity index is 1.44. The van der Waals surface area contributed by atoms with Crippen LogP contribution in [0.3, 0.4) is 0 Å². The van der Waals surface area contributed by atoms with E-state index in [1.807, 2.05) is 85.8 Å².